The molecule has 0 saturated heterocycles. The summed E-state index contributed by atoms with van der Waals surface area (Å²) in [6, 6.07) is 12.3. The van der Waals surface area contributed by atoms with Crippen LogP contribution in [0.5, 0.6) is 11.5 Å². The summed E-state index contributed by atoms with van der Waals surface area (Å²) in [6.07, 6.45) is 0. The minimum atomic E-state index is -0.143. The summed E-state index contributed by atoms with van der Waals surface area (Å²) in [4.78, 5) is 0. The van der Waals surface area contributed by atoms with Gasteiger partial charge in [-0.25, -0.2) is 0 Å². The van der Waals surface area contributed by atoms with Crippen LogP contribution in [-0.2, 0) is 10.8 Å². The number of hydrogen-bond donors (Lipinski definition) is 2. The first kappa shape index (κ1) is 17.0. The van der Waals surface area contributed by atoms with Crippen molar-refractivity contribution >= 4 is 32.3 Å². The maximum Gasteiger partial charge on any atom is 0.127 e. The Labute approximate surface area is 154 Å². The van der Waals surface area contributed by atoms with Crippen molar-refractivity contribution < 1.29 is 10.2 Å². The summed E-state index contributed by atoms with van der Waals surface area (Å²) in [5.74, 6) is 0.692. The molecule has 0 saturated carbocycles. The highest BCUT2D eigenvalue weighted by Crippen LogP contribution is 2.47. The minimum absolute atomic E-state index is 0.143. The topological polar surface area (TPSA) is 40.5 Å². The summed E-state index contributed by atoms with van der Waals surface area (Å²) < 4.78 is 0. The SMILES string of the molecule is CC(C)(C)c1cc2ccc3c(O)c(C(C)(C)C)cc4ccc(c1O)c2c43. The van der Waals surface area contributed by atoms with Gasteiger partial charge in [-0.05, 0) is 45.9 Å². The van der Waals surface area contributed by atoms with E-state index in [1.165, 1.54) is 0 Å². The Morgan fingerprint density at radius 1 is 0.577 bits per heavy atom. The maximum atomic E-state index is 11.0. The highest BCUT2D eigenvalue weighted by atomic mass is 16.3. The van der Waals surface area contributed by atoms with Gasteiger partial charge < -0.3 is 10.2 Å². The first-order valence-corrected chi connectivity index (χ1v) is 9.17. The van der Waals surface area contributed by atoms with Gasteiger partial charge in [0.2, 0.25) is 0 Å². The van der Waals surface area contributed by atoms with Gasteiger partial charge in [-0.3, -0.25) is 0 Å². The highest BCUT2D eigenvalue weighted by Gasteiger charge is 2.25. The predicted molar refractivity (Wildman–Crippen MR) is 111 cm³/mol. The molecule has 0 fully saturated rings. The molecule has 0 spiro atoms. The lowest BCUT2D eigenvalue weighted by molar-refractivity contribution is 0.452. The fraction of sp³-hybridized carbons (Fsp3) is 0.333. The van der Waals surface area contributed by atoms with Gasteiger partial charge in [-0.15, -0.1) is 0 Å². The maximum absolute atomic E-state index is 11.0. The first-order chi connectivity index (χ1) is 12.0. The molecule has 0 aliphatic heterocycles. The zero-order valence-corrected chi connectivity index (χ0v) is 16.4. The molecule has 0 amide bonds. The summed E-state index contributed by atoms with van der Waals surface area (Å²) in [6.45, 7) is 12.7. The van der Waals surface area contributed by atoms with Crippen LogP contribution in [0.15, 0.2) is 36.4 Å². The fourth-order valence-corrected chi connectivity index (χ4v) is 4.07. The molecule has 2 N–H and O–H groups in total. The molecule has 2 heteroatoms. The third-order valence-corrected chi connectivity index (χ3v) is 5.46. The van der Waals surface area contributed by atoms with Crippen LogP contribution in [0.2, 0.25) is 0 Å². The molecule has 134 valence electrons. The van der Waals surface area contributed by atoms with E-state index in [0.717, 1.165) is 43.4 Å². The van der Waals surface area contributed by atoms with Crippen molar-refractivity contribution in [2.75, 3.05) is 0 Å². The van der Waals surface area contributed by atoms with Crippen LogP contribution in [0.3, 0.4) is 0 Å². The predicted octanol–water partition coefficient (Wildman–Crippen LogP) is 6.59. The van der Waals surface area contributed by atoms with Crippen molar-refractivity contribution in [1.82, 2.24) is 0 Å². The van der Waals surface area contributed by atoms with E-state index in [-0.39, 0.29) is 10.8 Å². The Morgan fingerprint density at radius 2 is 0.923 bits per heavy atom. The number of phenols is 2. The molecule has 0 radical (unpaired) electrons. The van der Waals surface area contributed by atoms with Crippen LogP contribution in [0.25, 0.3) is 32.3 Å². The summed E-state index contributed by atoms with van der Waals surface area (Å²) in [7, 11) is 0. The summed E-state index contributed by atoms with van der Waals surface area (Å²) in [5.41, 5.74) is 1.61. The zero-order chi connectivity index (χ0) is 19.0. The lowest BCUT2D eigenvalue weighted by Crippen LogP contribution is -2.12. The lowest BCUT2D eigenvalue weighted by atomic mass is 9.80. The van der Waals surface area contributed by atoms with Gasteiger partial charge in [0.25, 0.3) is 0 Å². The average Bonchev–Trinajstić information content (AvgIpc) is 2.53. The monoisotopic (exact) mass is 346 g/mol. The fourth-order valence-electron chi connectivity index (χ4n) is 4.07. The molecular formula is C24H26O2. The molecular weight excluding hydrogens is 320 g/mol. The van der Waals surface area contributed by atoms with E-state index >= 15 is 0 Å². The molecule has 0 heterocycles. The van der Waals surface area contributed by atoms with Gasteiger partial charge in [0.15, 0.2) is 0 Å². The van der Waals surface area contributed by atoms with E-state index in [4.69, 9.17) is 0 Å². The number of benzene rings is 4. The van der Waals surface area contributed by atoms with Gasteiger partial charge >= 0.3 is 0 Å². The number of hydrogen-bond acceptors (Lipinski definition) is 2. The Balaban J connectivity index is 2.23. The normalized spacial score (nSPS) is 13.3. The number of phenolic OH excluding ortho intramolecular Hbond substituents is 2. The highest BCUT2D eigenvalue weighted by molar-refractivity contribution is 6.25. The van der Waals surface area contributed by atoms with E-state index in [1.807, 2.05) is 12.1 Å². The quantitative estimate of drug-likeness (QED) is 0.353. The third-order valence-electron chi connectivity index (χ3n) is 5.46. The number of aromatic hydroxyl groups is 2. The molecule has 0 aromatic heterocycles. The van der Waals surface area contributed by atoms with Crippen molar-refractivity contribution in [3.63, 3.8) is 0 Å². The van der Waals surface area contributed by atoms with Crippen LogP contribution in [-0.4, -0.2) is 10.2 Å². The van der Waals surface area contributed by atoms with Crippen LogP contribution < -0.4 is 0 Å². The smallest absolute Gasteiger partial charge is 0.127 e. The van der Waals surface area contributed by atoms with Gasteiger partial charge in [0, 0.05) is 32.7 Å². The zero-order valence-electron chi connectivity index (χ0n) is 16.4. The Hall–Kier alpha value is -2.48. The van der Waals surface area contributed by atoms with Crippen molar-refractivity contribution in [1.29, 1.82) is 0 Å². The summed E-state index contributed by atoms with van der Waals surface area (Å²) in [5, 5.41) is 27.9. The van der Waals surface area contributed by atoms with Crippen molar-refractivity contribution in [3.05, 3.63) is 47.5 Å². The Bertz CT molecular complexity index is 1060. The van der Waals surface area contributed by atoms with Crippen molar-refractivity contribution in [2.24, 2.45) is 0 Å². The second kappa shape index (κ2) is 5.03. The van der Waals surface area contributed by atoms with E-state index in [9.17, 15) is 10.2 Å². The first-order valence-electron chi connectivity index (χ1n) is 9.17. The van der Waals surface area contributed by atoms with Crippen LogP contribution in [0, 0.1) is 0 Å². The lowest BCUT2D eigenvalue weighted by Gasteiger charge is -2.25. The molecule has 4 aromatic carbocycles. The largest absolute Gasteiger partial charge is 0.507 e. The van der Waals surface area contributed by atoms with Crippen molar-refractivity contribution in [2.45, 2.75) is 52.4 Å². The Morgan fingerprint density at radius 3 is 1.23 bits per heavy atom. The van der Waals surface area contributed by atoms with Gasteiger partial charge in [0.1, 0.15) is 11.5 Å². The molecule has 26 heavy (non-hydrogen) atoms. The number of rotatable bonds is 0. The Kier molecular flexibility index (Phi) is 3.28. The van der Waals surface area contributed by atoms with Crippen LogP contribution in [0.1, 0.15) is 52.7 Å². The van der Waals surface area contributed by atoms with E-state index < -0.39 is 0 Å². The molecule has 0 bridgehead atoms. The molecule has 4 rings (SSSR count). The molecule has 4 aromatic rings. The van der Waals surface area contributed by atoms with Crippen LogP contribution >= 0.6 is 0 Å². The van der Waals surface area contributed by atoms with Gasteiger partial charge in [0.05, 0.1) is 0 Å². The summed E-state index contributed by atoms with van der Waals surface area (Å²) >= 11 is 0. The minimum Gasteiger partial charge on any atom is -0.507 e. The molecule has 0 unspecified atom stereocenters. The third kappa shape index (κ3) is 2.25. The van der Waals surface area contributed by atoms with Gasteiger partial charge in [-0.2, -0.15) is 0 Å². The molecule has 0 atom stereocenters. The second-order valence-corrected chi connectivity index (χ2v) is 9.47. The standard InChI is InChI=1S/C24H26O2/c1-23(2,3)17-11-13-7-10-16-20-14(8-9-15(19(13)20)21(17)25)12-18(22(16)26)24(4,5)6/h7-12,25-26H,1-6H3. The van der Waals surface area contributed by atoms with Crippen molar-refractivity contribution in [3.8, 4) is 11.5 Å². The average molecular weight is 346 g/mol. The molecule has 0 aliphatic rings. The van der Waals surface area contributed by atoms with E-state index in [0.29, 0.717) is 11.5 Å². The van der Waals surface area contributed by atoms with Gasteiger partial charge in [-0.1, -0.05) is 53.7 Å². The van der Waals surface area contributed by atoms with Crippen LogP contribution in [0.4, 0.5) is 0 Å². The van der Waals surface area contributed by atoms with E-state index in [2.05, 4.69) is 65.8 Å². The van der Waals surface area contributed by atoms with E-state index in [1.54, 1.807) is 0 Å². The second-order valence-electron chi connectivity index (χ2n) is 9.47. The molecule has 2 nitrogen and oxygen atoms in total. The molecule has 0 aliphatic carbocycles.